The molecular weight excluding hydrogens is 230 g/mol. The van der Waals surface area contributed by atoms with Crippen LogP contribution in [0.1, 0.15) is 27.2 Å². The van der Waals surface area contributed by atoms with Crippen molar-refractivity contribution in [3.63, 3.8) is 0 Å². The molecule has 5 nitrogen and oxygen atoms in total. The largest absolute Gasteiger partial charge is 0.384 e. The molecule has 0 aliphatic carbocycles. The van der Waals surface area contributed by atoms with Crippen molar-refractivity contribution in [2.24, 2.45) is 5.92 Å². The second kappa shape index (κ2) is 7.87. The maximum atomic E-state index is 11.7. The second-order valence-electron chi connectivity index (χ2n) is 4.63. The Morgan fingerprint density at radius 1 is 1.44 bits per heavy atom. The zero-order valence-corrected chi connectivity index (χ0v) is 11.5. The third-order valence-electron chi connectivity index (χ3n) is 2.54. The molecule has 0 aliphatic rings. The summed E-state index contributed by atoms with van der Waals surface area (Å²) in [5, 5.41) is 7.15. The van der Waals surface area contributed by atoms with E-state index in [9.17, 15) is 4.79 Å². The lowest BCUT2D eigenvalue weighted by atomic mass is 10.1. The zero-order valence-electron chi connectivity index (χ0n) is 11.5. The van der Waals surface area contributed by atoms with Crippen LogP contribution in [0.5, 0.6) is 0 Å². The highest BCUT2D eigenvalue weighted by Crippen LogP contribution is 2.00. The first-order chi connectivity index (χ1) is 8.63. The van der Waals surface area contributed by atoms with E-state index in [2.05, 4.69) is 24.3 Å². The van der Waals surface area contributed by atoms with E-state index >= 15 is 0 Å². The first-order valence-corrected chi connectivity index (χ1v) is 6.52. The van der Waals surface area contributed by atoms with Gasteiger partial charge in [-0.3, -0.25) is 4.79 Å². The molecule has 0 aromatic carbocycles. The Balaban J connectivity index is 2.36. The fraction of sp³-hybridized carbons (Fsp3) is 0.692. The molecule has 0 unspecified atom stereocenters. The Bertz CT molecular complexity index is 401. The van der Waals surface area contributed by atoms with Gasteiger partial charge in [0.2, 0.25) is 0 Å². The van der Waals surface area contributed by atoms with E-state index in [1.54, 1.807) is 12.3 Å². The topological polar surface area (TPSA) is 56.1 Å². The summed E-state index contributed by atoms with van der Waals surface area (Å²) >= 11 is 0. The van der Waals surface area contributed by atoms with Crippen molar-refractivity contribution in [3.8, 4) is 0 Å². The van der Waals surface area contributed by atoms with Gasteiger partial charge in [-0.05, 0) is 19.3 Å². The highest BCUT2D eigenvalue weighted by atomic mass is 16.5. The molecule has 0 saturated heterocycles. The summed E-state index contributed by atoms with van der Waals surface area (Å²) in [6, 6.07) is 1.56. The SMILES string of the molecule is CCNc1cnn(CCOCCC(C)C)c(=O)c1. The molecule has 1 heterocycles. The zero-order chi connectivity index (χ0) is 13.4. The molecule has 18 heavy (non-hydrogen) atoms. The van der Waals surface area contributed by atoms with Crippen LogP contribution in [0, 0.1) is 5.92 Å². The Labute approximate surface area is 108 Å². The Kier molecular flexibility index (Phi) is 6.43. The molecule has 1 rings (SSSR count). The van der Waals surface area contributed by atoms with Crippen molar-refractivity contribution in [2.75, 3.05) is 25.1 Å². The van der Waals surface area contributed by atoms with Crippen molar-refractivity contribution in [1.29, 1.82) is 0 Å². The Morgan fingerprint density at radius 2 is 2.22 bits per heavy atom. The van der Waals surface area contributed by atoms with Crippen LogP contribution in [0.2, 0.25) is 0 Å². The molecule has 1 aromatic rings. The monoisotopic (exact) mass is 253 g/mol. The minimum absolute atomic E-state index is 0.0964. The molecule has 1 aromatic heterocycles. The van der Waals surface area contributed by atoms with Crippen LogP contribution >= 0.6 is 0 Å². The van der Waals surface area contributed by atoms with Crippen LogP contribution < -0.4 is 10.9 Å². The predicted molar refractivity (Wildman–Crippen MR) is 72.9 cm³/mol. The third-order valence-corrected chi connectivity index (χ3v) is 2.54. The number of hydrogen-bond donors (Lipinski definition) is 1. The van der Waals surface area contributed by atoms with E-state index in [0.29, 0.717) is 19.1 Å². The number of nitrogens with zero attached hydrogens (tertiary/aromatic N) is 2. The number of ether oxygens (including phenoxy) is 1. The summed E-state index contributed by atoms with van der Waals surface area (Å²) in [5.41, 5.74) is 0.667. The quantitative estimate of drug-likeness (QED) is 0.717. The molecule has 0 radical (unpaired) electrons. The van der Waals surface area contributed by atoms with E-state index < -0.39 is 0 Å². The van der Waals surface area contributed by atoms with Crippen molar-refractivity contribution < 1.29 is 4.74 Å². The smallest absolute Gasteiger partial charge is 0.268 e. The maximum Gasteiger partial charge on any atom is 0.268 e. The van der Waals surface area contributed by atoms with E-state index in [4.69, 9.17) is 4.74 Å². The molecule has 0 bridgehead atoms. The summed E-state index contributed by atoms with van der Waals surface area (Å²) in [4.78, 5) is 11.7. The molecule has 0 saturated carbocycles. The average molecular weight is 253 g/mol. The lowest BCUT2D eigenvalue weighted by Gasteiger charge is -2.08. The Hall–Kier alpha value is -1.36. The Morgan fingerprint density at radius 3 is 2.83 bits per heavy atom. The molecule has 5 heteroatoms. The van der Waals surface area contributed by atoms with Crippen molar-refractivity contribution in [3.05, 3.63) is 22.6 Å². The number of anilines is 1. The normalized spacial score (nSPS) is 10.9. The maximum absolute atomic E-state index is 11.7. The van der Waals surface area contributed by atoms with Gasteiger partial charge in [-0.25, -0.2) is 4.68 Å². The predicted octanol–water partition coefficient (Wildman–Crippen LogP) is 1.74. The van der Waals surface area contributed by atoms with Gasteiger partial charge < -0.3 is 10.1 Å². The minimum Gasteiger partial charge on any atom is -0.384 e. The lowest BCUT2D eigenvalue weighted by molar-refractivity contribution is 0.113. The first-order valence-electron chi connectivity index (χ1n) is 6.52. The first kappa shape index (κ1) is 14.7. The van der Waals surface area contributed by atoms with Crippen molar-refractivity contribution in [2.45, 2.75) is 33.7 Å². The van der Waals surface area contributed by atoms with Crippen LogP contribution in [-0.2, 0) is 11.3 Å². The summed E-state index contributed by atoms with van der Waals surface area (Å²) in [7, 11) is 0. The standard InChI is InChI=1S/C13H23N3O2/c1-4-14-12-9-13(17)16(15-10-12)6-8-18-7-5-11(2)3/h9-11,14H,4-8H2,1-3H3. The molecule has 0 amide bonds. The minimum atomic E-state index is -0.0964. The van der Waals surface area contributed by atoms with E-state index in [1.165, 1.54) is 4.68 Å². The molecule has 0 aliphatic heterocycles. The average Bonchev–Trinajstić information content (AvgIpc) is 2.31. The summed E-state index contributed by atoms with van der Waals surface area (Å²) in [6.07, 6.45) is 2.71. The summed E-state index contributed by atoms with van der Waals surface area (Å²) < 4.78 is 6.89. The van der Waals surface area contributed by atoms with Gasteiger partial charge in [0.25, 0.3) is 5.56 Å². The van der Waals surface area contributed by atoms with Gasteiger partial charge in [0.05, 0.1) is 25.0 Å². The van der Waals surface area contributed by atoms with E-state index in [-0.39, 0.29) is 5.56 Å². The van der Waals surface area contributed by atoms with E-state index in [1.807, 2.05) is 6.92 Å². The second-order valence-corrected chi connectivity index (χ2v) is 4.63. The van der Waals surface area contributed by atoms with Crippen LogP contribution in [0.15, 0.2) is 17.1 Å². The van der Waals surface area contributed by atoms with Gasteiger partial charge in [-0.1, -0.05) is 13.8 Å². The third kappa shape index (κ3) is 5.31. The van der Waals surface area contributed by atoms with Gasteiger partial charge in [-0.2, -0.15) is 5.10 Å². The molecule has 0 atom stereocenters. The molecular formula is C13H23N3O2. The van der Waals surface area contributed by atoms with Crippen molar-refractivity contribution in [1.82, 2.24) is 9.78 Å². The molecule has 1 N–H and O–H groups in total. The van der Waals surface area contributed by atoms with Crippen LogP contribution in [-0.4, -0.2) is 29.5 Å². The lowest BCUT2D eigenvalue weighted by Crippen LogP contribution is -2.24. The number of rotatable bonds is 8. The van der Waals surface area contributed by atoms with Gasteiger partial charge in [-0.15, -0.1) is 0 Å². The van der Waals surface area contributed by atoms with Gasteiger partial charge in [0.1, 0.15) is 0 Å². The highest BCUT2D eigenvalue weighted by molar-refractivity contribution is 5.38. The molecule has 102 valence electrons. The number of nitrogens with one attached hydrogen (secondary N) is 1. The fourth-order valence-electron chi connectivity index (χ4n) is 1.47. The van der Waals surface area contributed by atoms with Crippen LogP contribution in [0.25, 0.3) is 0 Å². The van der Waals surface area contributed by atoms with E-state index in [0.717, 1.165) is 25.3 Å². The highest BCUT2D eigenvalue weighted by Gasteiger charge is 2.00. The molecule has 0 spiro atoms. The fourth-order valence-corrected chi connectivity index (χ4v) is 1.47. The summed E-state index contributed by atoms with van der Waals surface area (Å²) in [6.45, 7) is 8.85. The van der Waals surface area contributed by atoms with Gasteiger partial charge in [0, 0.05) is 19.2 Å². The van der Waals surface area contributed by atoms with Crippen LogP contribution in [0.4, 0.5) is 5.69 Å². The number of hydrogen-bond acceptors (Lipinski definition) is 4. The van der Waals surface area contributed by atoms with Crippen molar-refractivity contribution >= 4 is 5.69 Å². The number of aromatic nitrogens is 2. The van der Waals surface area contributed by atoms with Gasteiger partial charge >= 0.3 is 0 Å². The van der Waals surface area contributed by atoms with Crippen LogP contribution in [0.3, 0.4) is 0 Å². The molecule has 0 fully saturated rings. The summed E-state index contributed by atoms with van der Waals surface area (Å²) in [5.74, 6) is 0.644. The van der Waals surface area contributed by atoms with Gasteiger partial charge in [0.15, 0.2) is 0 Å².